The molecular formula is C9H17NO3. The Morgan fingerprint density at radius 3 is 2.23 bits per heavy atom. The van der Waals surface area contributed by atoms with E-state index < -0.39 is 11.7 Å². The van der Waals surface area contributed by atoms with Gasteiger partial charge in [0, 0.05) is 6.42 Å². The van der Waals surface area contributed by atoms with E-state index in [-0.39, 0.29) is 5.91 Å². The van der Waals surface area contributed by atoms with Crippen molar-refractivity contribution in [3.63, 3.8) is 0 Å². The van der Waals surface area contributed by atoms with Crippen LogP contribution < -0.4 is 5.32 Å². The van der Waals surface area contributed by atoms with Crippen molar-refractivity contribution in [1.29, 1.82) is 0 Å². The molecule has 0 rings (SSSR count). The summed E-state index contributed by atoms with van der Waals surface area (Å²) >= 11 is 0. The summed E-state index contributed by atoms with van der Waals surface area (Å²) < 4.78 is 4.88. The van der Waals surface area contributed by atoms with Crippen molar-refractivity contribution in [2.45, 2.75) is 46.1 Å². The Morgan fingerprint density at radius 2 is 1.85 bits per heavy atom. The standard InChI is InChI=1S/C9H17NO3/c1-5-6-7(11)10-8(12)13-9(2,3)4/h5-6H2,1-4H3,(H,10,11,12). The molecule has 0 bridgehead atoms. The van der Waals surface area contributed by atoms with Crippen molar-refractivity contribution in [3.05, 3.63) is 0 Å². The van der Waals surface area contributed by atoms with E-state index in [0.29, 0.717) is 12.8 Å². The molecular weight excluding hydrogens is 170 g/mol. The summed E-state index contributed by atoms with van der Waals surface area (Å²) in [5, 5.41) is 2.14. The quantitative estimate of drug-likeness (QED) is 0.717. The highest BCUT2D eigenvalue weighted by molar-refractivity contribution is 5.91. The van der Waals surface area contributed by atoms with Crippen LogP contribution >= 0.6 is 0 Å². The van der Waals surface area contributed by atoms with Crippen LogP contribution in [0, 0.1) is 0 Å². The van der Waals surface area contributed by atoms with Gasteiger partial charge in [-0.25, -0.2) is 4.79 Å². The van der Waals surface area contributed by atoms with Gasteiger partial charge < -0.3 is 4.74 Å². The van der Waals surface area contributed by atoms with E-state index in [1.54, 1.807) is 20.8 Å². The zero-order valence-electron chi connectivity index (χ0n) is 8.64. The molecule has 0 spiro atoms. The van der Waals surface area contributed by atoms with E-state index in [2.05, 4.69) is 5.32 Å². The van der Waals surface area contributed by atoms with Crippen LogP contribution in [0.5, 0.6) is 0 Å². The highest BCUT2D eigenvalue weighted by Crippen LogP contribution is 2.06. The molecule has 0 fully saturated rings. The fourth-order valence-corrected chi connectivity index (χ4v) is 0.707. The van der Waals surface area contributed by atoms with Gasteiger partial charge in [-0.15, -0.1) is 0 Å². The molecule has 0 aromatic rings. The van der Waals surface area contributed by atoms with E-state index in [1.807, 2.05) is 6.92 Å². The SMILES string of the molecule is CCCC(=O)NC(=O)OC(C)(C)C. The lowest BCUT2D eigenvalue weighted by molar-refractivity contribution is -0.120. The number of carbonyl (C=O) groups is 2. The van der Waals surface area contributed by atoms with Crippen LogP contribution in [-0.2, 0) is 9.53 Å². The Hall–Kier alpha value is -1.06. The first-order valence-electron chi connectivity index (χ1n) is 4.38. The molecule has 4 heteroatoms. The van der Waals surface area contributed by atoms with Gasteiger partial charge in [0.1, 0.15) is 5.60 Å². The summed E-state index contributed by atoms with van der Waals surface area (Å²) in [5.41, 5.74) is -0.559. The first kappa shape index (κ1) is 11.9. The molecule has 13 heavy (non-hydrogen) atoms. The lowest BCUT2D eigenvalue weighted by Gasteiger charge is -2.19. The summed E-state index contributed by atoms with van der Waals surface area (Å²) in [4.78, 5) is 21.9. The molecule has 0 aromatic heterocycles. The molecule has 0 aromatic carbocycles. The molecule has 0 saturated heterocycles. The van der Waals surface area contributed by atoms with E-state index in [9.17, 15) is 9.59 Å². The average Bonchev–Trinajstić information content (AvgIpc) is 1.81. The van der Waals surface area contributed by atoms with Crippen molar-refractivity contribution >= 4 is 12.0 Å². The van der Waals surface area contributed by atoms with Crippen molar-refractivity contribution in [1.82, 2.24) is 5.32 Å². The van der Waals surface area contributed by atoms with Crippen LogP contribution in [0.4, 0.5) is 4.79 Å². The number of nitrogens with one attached hydrogen (secondary N) is 1. The van der Waals surface area contributed by atoms with Gasteiger partial charge in [0.2, 0.25) is 5.91 Å². The minimum atomic E-state index is -0.675. The van der Waals surface area contributed by atoms with E-state index in [4.69, 9.17) is 4.74 Å². The number of ether oxygens (including phenoxy) is 1. The summed E-state index contributed by atoms with van der Waals surface area (Å²) in [7, 11) is 0. The second-order valence-corrected chi connectivity index (χ2v) is 3.80. The normalized spacial score (nSPS) is 10.8. The number of carbonyl (C=O) groups excluding carboxylic acids is 2. The Bertz CT molecular complexity index is 194. The third-order valence-electron chi connectivity index (χ3n) is 1.12. The van der Waals surface area contributed by atoms with Gasteiger partial charge >= 0.3 is 6.09 Å². The third-order valence-corrected chi connectivity index (χ3v) is 1.12. The second kappa shape index (κ2) is 4.84. The van der Waals surface area contributed by atoms with Crippen LogP contribution in [0.3, 0.4) is 0 Å². The Morgan fingerprint density at radius 1 is 1.31 bits per heavy atom. The van der Waals surface area contributed by atoms with Gasteiger partial charge in [-0.05, 0) is 27.2 Å². The van der Waals surface area contributed by atoms with Gasteiger partial charge in [0.25, 0.3) is 0 Å². The molecule has 76 valence electrons. The number of alkyl carbamates (subject to hydrolysis) is 1. The highest BCUT2D eigenvalue weighted by Gasteiger charge is 2.17. The predicted molar refractivity (Wildman–Crippen MR) is 49.3 cm³/mol. The van der Waals surface area contributed by atoms with Gasteiger partial charge in [0.15, 0.2) is 0 Å². The maximum atomic E-state index is 11.0. The lowest BCUT2D eigenvalue weighted by Crippen LogP contribution is -2.36. The molecule has 0 radical (unpaired) electrons. The predicted octanol–water partition coefficient (Wildman–Crippen LogP) is 1.84. The topological polar surface area (TPSA) is 55.4 Å². The smallest absolute Gasteiger partial charge is 0.414 e. The largest absolute Gasteiger partial charge is 0.444 e. The Balaban J connectivity index is 3.82. The molecule has 2 amide bonds. The molecule has 0 saturated carbocycles. The van der Waals surface area contributed by atoms with Crippen molar-refractivity contribution < 1.29 is 14.3 Å². The zero-order chi connectivity index (χ0) is 10.5. The maximum Gasteiger partial charge on any atom is 0.414 e. The number of imide groups is 1. The van der Waals surface area contributed by atoms with Crippen LogP contribution in [0.15, 0.2) is 0 Å². The second-order valence-electron chi connectivity index (χ2n) is 3.80. The van der Waals surface area contributed by atoms with E-state index >= 15 is 0 Å². The monoisotopic (exact) mass is 187 g/mol. The van der Waals surface area contributed by atoms with Crippen LogP contribution in [-0.4, -0.2) is 17.6 Å². The molecule has 0 aliphatic heterocycles. The number of amides is 2. The molecule has 0 atom stereocenters. The van der Waals surface area contributed by atoms with Crippen molar-refractivity contribution in [2.24, 2.45) is 0 Å². The minimum Gasteiger partial charge on any atom is -0.444 e. The van der Waals surface area contributed by atoms with E-state index in [0.717, 1.165) is 0 Å². The molecule has 0 unspecified atom stereocenters. The minimum absolute atomic E-state index is 0.295. The summed E-state index contributed by atoms with van der Waals surface area (Å²) in [6, 6.07) is 0. The third kappa shape index (κ3) is 7.31. The fraction of sp³-hybridized carbons (Fsp3) is 0.778. The Labute approximate surface area is 78.6 Å². The first-order chi connectivity index (χ1) is 5.85. The summed E-state index contributed by atoms with van der Waals surface area (Å²) in [6.45, 7) is 7.11. The highest BCUT2D eigenvalue weighted by atomic mass is 16.6. The van der Waals surface area contributed by atoms with Gasteiger partial charge in [-0.1, -0.05) is 6.92 Å². The Kier molecular flexibility index (Phi) is 4.45. The average molecular weight is 187 g/mol. The first-order valence-corrected chi connectivity index (χ1v) is 4.38. The van der Waals surface area contributed by atoms with Gasteiger partial charge in [0.05, 0.1) is 0 Å². The lowest BCUT2D eigenvalue weighted by atomic mass is 10.2. The van der Waals surface area contributed by atoms with Crippen LogP contribution in [0.1, 0.15) is 40.5 Å². The van der Waals surface area contributed by atoms with E-state index in [1.165, 1.54) is 0 Å². The maximum absolute atomic E-state index is 11.0. The number of hydrogen-bond acceptors (Lipinski definition) is 3. The molecule has 1 N–H and O–H groups in total. The van der Waals surface area contributed by atoms with Crippen LogP contribution in [0.2, 0.25) is 0 Å². The molecule has 0 heterocycles. The summed E-state index contributed by atoms with van der Waals surface area (Å²) in [6.07, 6.45) is 0.388. The summed E-state index contributed by atoms with van der Waals surface area (Å²) in [5.74, 6) is -0.295. The number of hydrogen-bond donors (Lipinski definition) is 1. The van der Waals surface area contributed by atoms with Crippen LogP contribution in [0.25, 0.3) is 0 Å². The molecule has 4 nitrogen and oxygen atoms in total. The van der Waals surface area contributed by atoms with Gasteiger partial charge in [-0.2, -0.15) is 0 Å². The fourth-order valence-electron chi connectivity index (χ4n) is 0.707. The van der Waals surface area contributed by atoms with Crippen molar-refractivity contribution in [2.75, 3.05) is 0 Å². The molecule has 0 aliphatic carbocycles. The van der Waals surface area contributed by atoms with Gasteiger partial charge in [-0.3, -0.25) is 10.1 Å². The molecule has 0 aliphatic rings. The zero-order valence-corrected chi connectivity index (χ0v) is 8.64. The van der Waals surface area contributed by atoms with Crippen molar-refractivity contribution in [3.8, 4) is 0 Å². The number of rotatable bonds is 2.